The number of nitrogens with zero attached hydrogens (tertiary/aromatic N) is 1. The molecule has 1 nitrogen and oxygen atoms in total. The molecule has 4 heterocycles. The van der Waals surface area contributed by atoms with Crippen LogP contribution < -0.4 is 18.5 Å². The van der Waals surface area contributed by atoms with Gasteiger partial charge in [0.15, 0.2) is 0 Å². The van der Waals surface area contributed by atoms with Gasteiger partial charge in [0, 0.05) is 32.1 Å². The largest absolute Gasteiger partial charge is 0.280 e. The van der Waals surface area contributed by atoms with E-state index in [2.05, 4.69) is 152 Å². The standard InChI is InChI=1S/C10H12NPS2.C8H6IPS2.C3H9ISi.CH4/c1-11(2)12(9-5-3-7-13-9)10-6-4-8-14-10;9-10(7-3-1-5-11-7)8-4-2-6-12-8;1-5(2,3)4;/h3-8H,1-2H3;1-6H;1-3H3;1H4. The number of thiophene rings is 4. The monoisotopic (exact) mass is 781 g/mol. The van der Waals surface area contributed by atoms with Gasteiger partial charge in [-0.05, 0) is 81.9 Å². The van der Waals surface area contributed by atoms with Crippen molar-refractivity contribution in [3.8, 4) is 0 Å². The van der Waals surface area contributed by atoms with Gasteiger partial charge in [0.1, 0.15) is 5.57 Å². The zero-order chi connectivity index (χ0) is 22.9. The highest BCUT2D eigenvalue weighted by Gasteiger charge is 2.18. The molecule has 10 heteroatoms. The first kappa shape index (κ1) is 31.3. The molecule has 4 aromatic heterocycles. The Morgan fingerprint density at radius 2 is 0.969 bits per heavy atom. The van der Waals surface area contributed by atoms with Crippen LogP contribution in [0.1, 0.15) is 7.43 Å². The third kappa shape index (κ3) is 11.8. The summed E-state index contributed by atoms with van der Waals surface area (Å²) in [4.78, 5) is 0. The van der Waals surface area contributed by atoms with Crippen molar-refractivity contribution >= 4 is 127 Å². The van der Waals surface area contributed by atoms with Gasteiger partial charge in [0.2, 0.25) is 0 Å². The molecule has 4 aromatic rings. The van der Waals surface area contributed by atoms with E-state index in [1.165, 1.54) is 18.5 Å². The van der Waals surface area contributed by atoms with Gasteiger partial charge in [-0.1, -0.05) is 51.3 Å². The van der Waals surface area contributed by atoms with E-state index in [1.807, 2.05) is 45.3 Å². The molecule has 0 spiro atoms. The maximum atomic E-state index is 2.55. The van der Waals surface area contributed by atoms with Crippen molar-refractivity contribution in [3.05, 3.63) is 70.1 Å². The fraction of sp³-hybridized carbons (Fsp3) is 0.273. The average molecular weight is 782 g/mol. The normalized spacial score (nSPS) is 10.9. The Kier molecular flexibility index (Phi) is 15.8. The molecule has 32 heavy (non-hydrogen) atoms. The minimum Gasteiger partial charge on any atom is -0.280 e. The van der Waals surface area contributed by atoms with Crippen LogP contribution in [0.25, 0.3) is 0 Å². The summed E-state index contributed by atoms with van der Waals surface area (Å²) < 4.78 is 8.30. The predicted molar refractivity (Wildman–Crippen MR) is 181 cm³/mol. The van der Waals surface area contributed by atoms with E-state index in [1.54, 1.807) is 0 Å². The van der Waals surface area contributed by atoms with Gasteiger partial charge < -0.3 is 0 Å². The van der Waals surface area contributed by atoms with Gasteiger partial charge in [-0.3, -0.25) is 4.67 Å². The molecule has 0 saturated heterocycles. The van der Waals surface area contributed by atoms with E-state index in [0.29, 0.717) is 0 Å². The van der Waals surface area contributed by atoms with Gasteiger partial charge in [0.05, 0.1) is 0 Å². The fourth-order valence-electron chi connectivity index (χ4n) is 2.16. The Bertz CT molecular complexity index is 865. The molecule has 0 aliphatic heterocycles. The van der Waals surface area contributed by atoms with Crippen LogP contribution in [0, 0.1) is 0 Å². The number of halogens is 2. The molecule has 0 aromatic carbocycles. The molecule has 0 N–H and O–H groups in total. The van der Waals surface area contributed by atoms with Crippen molar-refractivity contribution in [1.82, 2.24) is 4.67 Å². The lowest BCUT2D eigenvalue weighted by molar-refractivity contribution is 0.690. The van der Waals surface area contributed by atoms with Crippen molar-refractivity contribution in [1.29, 1.82) is 0 Å². The lowest BCUT2D eigenvalue weighted by atomic mass is 10.7. The molecule has 0 bridgehead atoms. The van der Waals surface area contributed by atoms with E-state index in [-0.39, 0.29) is 21.1 Å². The summed E-state index contributed by atoms with van der Waals surface area (Å²) >= 11 is 12.5. The Balaban J connectivity index is 0.000000261. The second-order valence-corrected chi connectivity index (χ2v) is 33.0. The average Bonchev–Trinajstić information content (AvgIpc) is 3.50. The van der Waals surface area contributed by atoms with Crippen LogP contribution in [0.2, 0.25) is 19.6 Å². The number of rotatable bonds is 5. The summed E-state index contributed by atoms with van der Waals surface area (Å²) in [5.74, 6) is 0. The highest BCUT2D eigenvalue weighted by molar-refractivity contribution is 14.2. The maximum absolute atomic E-state index is 2.55. The number of hydrogen-bond donors (Lipinski definition) is 0. The van der Waals surface area contributed by atoms with E-state index in [0.717, 1.165) is 0 Å². The van der Waals surface area contributed by atoms with Gasteiger partial charge >= 0.3 is 0 Å². The first-order valence-electron chi connectivity index (χ1n) is 9.43. The van der Waals surface area contributed by atoms with Crippen LogP contribution in [-0.4, -0.2) is 24.3 Å². The fourth-order valence-corrected chi connectivity index (χ4v) is 13.9. The van der Waals surface area contributed by atoms with E-state index in [9.17, 15) is 0 Å². The molecule has 176 valence electrons. The van der Waals surface area contributed by atoms with Gasteiger partial charge in [-0.2, -0.15) is 0 Å². The van der Waals surface area contributed by atoms with Gasteiger partial charge in [-0.25, -0.2) is 0 Å². The van der Waals surface area contributed by atoms with Crippen LogP contribution in [0.3, 0.4) is 0 Å². The topological polar surface area (TPSA) is 3.24 Å². The lowest BCUT2D eigenvalue weighted by Crippen LogP contribution is -2.18. The Morgan fingerprint density at radius 3 is 1.19 bits per heavy atom. The molecule has 0 aliphatic carbocycles. The van der Waals surface area contributed by atoms with Crippen LogP contribution in [0.4, 0.5) is 0 Å². The second-order valence-electron chi connectivity index (χ2n) is 7.31. The summed E-state index contributed by atoms with van der Waals surface area (Å²) in [6.45, 7) is 6.94. The van der Waals surface area contributed by atoms with Crippen molar-refractivity contribution in [3.63, 3.8) is 0 Å². The van der Waals surface area contributed by atoms with Gasteiger partial charge in [-0.15, -0.1) is 67.1 Å². The van der Waals surface area contributed by atoms with Crippen LogP contribution in [0.5, 0.6) is 0 Å². The maximum Gasteiger partial charge on any atom is 0.116 e. The zero-order valence-electron chi connectivity index (χ0n) is 18.2. The Labute approximate surface area is 240 Å². The summed E-state index contributed by atoms with van der Waals surface area (Å²) in [5.41, 5.74) is -0.731. The van der Waals surface area contributed by atoms with Crippen molar-refractivity contribution in [2.75, 3.05) is 14.1 Å². The first-order valence-corrected chi connectivity index (χ1v) is 25.0. The third-order valence-electron chi connectivity index (χ3n) is 3.23. The second kappa shape index (κ2) is 16.1. The molecule has 0 atom stereocenters. The molecule has 0 fully saturated rings. The minimum atomic E-state index is -0.641. The molecule has 0 radical (unpaired) electrons. The van der Waals surface area contributed by atoms with Crippen LogP contribution in [0.15, 0.2) is 70.1 Å². The molecule has 0 aliphatic rings. The van der Waals surface area contributed by atoms with E-state index >= 15 is 0 Å². The summed E-state index contributed by atoms with van der Waals surface area (Å²) in [6.07, 6.45) is 0. The molecular weight excluding hydrogens is 750 g/mol. The molecule has 0 amide bonds. The summed E-state index contributed by atoms with van der Waals surface area (Å²) in [7, 11) is 4.05. The highest BCUT2D eigenvalue weighted by atomic mass is 127. The Hall–Kier alpha value is 1.30. The molecule has 4 rings (SSSR count). The first-order chi connectivity index (χ1) is 14.7. The number of hydrogen-bond acceptors (Lipinski definition) is 5. The minimum absolute atomic E-state index is 0. The van der Waals surface area contributed by atoms with Gasteiger partial charge in [0.25, 0.3) is 0 Å². The van der Waals surface area contributed by atoms with Crippen LogP contribution >= 0.6 is 103 Å². The predicted octanol–water partition coefficient (Wildman–Crippen LogP) is 9.20. The third-order valence-corrected chi connectivity index (χ3v) is 17.4. The quantitative estimate of drug-likeness (QED) is 0.0846. The lowest BCUT2D eigenvalue weighted by Gasteiger charge is -2.21. The zero-order valence-corrected chi connectivity index (χ0v) is 28.5. The molecule has 0 saturated carbocycles. The smallest absolute Gasteiger partial charge is 0.116 e. The van der Waals surface area contributed by atoms with E-state index < -0.39 is 5.57 Å². The van der Waals surface area contributed by atoms with Crippen molar-refractivity contribution < 1.29 is 0 Å². The van der Waals surface area contributed by atoms with Crippen LogP contribution in [-0.2, 0) is 0 Å². The summed E-state index contributed by atoms with van der Waals surface area (Å²) in [5, 5.41) is 8.61. The molecule has 0 unspecified atom stereocenters. The molecular formula is C22H31I2NP2S4Si. The van der Waals surface area contributed by atoms with Crippen molar-refractivity contribution in [2.45, 2.75) is 27.1 Å². The Morgan fingerprint density at radius 1 is 0.688 bits per heavy atom. The van der Waals surface area contributed by atoms with Crippen molar-refractivity contribution in [2.24, 2.45) is 0 Å². The summed E-state index contributed by atoms with van der Waals surface area (Å²) in [6, 6.07) is 17.4. The highest BCUT2D eigenvalue weighted by Crippen LogP contribution is 2.45. The van der Waals surface area contributed by atoms with E-state index in [4.69, 9.17) is 0 Å². The SMILES string of the molecule is C.CN(C)P(c1cccs1)c1cccs1.C[Si](C)(C)I.IP(c1cccs1)c1cccs1.